The molecule has 9 heteroatoms. The quantitative estimate of drug-likeness (QED) is 0.488. The first-order chi connectivity index (χ1) is 8.99. The van der Waals surface area contributed by atoms with Gasteiger partial charge in [-0.05, 0) is 0 Å². The van der Waals surface area contributed by atoms with Crippen LogP contribution in [0.25, 0.3) is 0 Å². The fourth-order valence-electron chi connectivity index (χ4n) is 1.91. The van der Waals surface area contributed by atoms with Crippen LogP contribution in [0.5, 0.6) is 0 Å². The van der Waals surface area contributed by atoms with Crippen LogP contribution in [0, 0.1) is 0 Å². The number of hydrogen-bond acceptors (Lipinski definition) is 6. The Hall–Kier alpha value is -1.55. The first-order valence-electron chi connectivity index (χ1n) is 5.53. The van der Waals surface area contributed by atoms with E-state index in [9.17, 15) is 19.1 Å². The van der Waals surface area contributed by atoms with E-state index < -0.39 is 49.1 Å². The number of aromatic amines is 1. The van der Waals surface area contributed by atoms with Gasteiger partial charge in [-0.3, -0.25) is 14.3 Å². The van der Waals surface area contributed by atoms with E-state index in [-0.39, 0.29) is 5.56 Å². The molecular formula is C10H13FN2O6. The number of halogens is 1. The number of alkyl halides is 1. The molecule has 19 heavy (non-hydrogen) atoms. The number of rotatable bonds is 3. The van der Waals surface area contributed by atoms with E-state index in [0.717, 1.165) is 10.8 Å². The summed E-state index contributed by atoms with van der Waals surface area (Å²) in [5.41, 5.74) is -1.85. The molecule has 1 unspecified atom stereocenters. The van der Waals surface area contributed by atoms with Crippen LogP contribution in [0.4, 0.5) is 4.39 Å². The molecule has 4 atom stereocenters. The number of aliphatic hydroxyl groups is 3. The van der Waals surface area contributed by atoms with Crippen LogP contribution in [-0.4, -0.2) is 49.9 Å². The summed E-state index contributed by atoms with van der Waals surface area (Å²) in [7, 11) is 0. The van der Waals surface area contributed by atoms with Crippen molar-refractivity contribution in [1.82, 2.24) is 9.55 Å². The SMILES string of the molecule is O=c1[nH]c(=O)n([C@@H]2O[C@H](CO)C(O)[C@H]2F)cc1CO. The molecule has 0 radical (unpaired) electrons. The third-order valence-corrected chi connectivity index (χ3v) is 2.96. The molecule has 4 N–H and O–H groups in total. The number of hydrogen-bond donors (Lipinski definition) is 4. The third-order valence-electron chi connectivity index (χ3n) is 2.96. The summed E-state index contributed by atoms with van der Waals surface area (Å²) < 4.78 is 19.6. The topological polar surface area (TPSA) is 125 Å². The molecule has 2 rings (SSSR count). The van der Waals surface area contributed by atoms with E-state index >= 15 is 0 Å². The molecule has 1 saturated heterocycles. The van der Waals surface area contributed by atoms with Crippen molar-refractivity contribution in [3.05, 3.63) is 32.6 Å². The number of nitrogens with one attached hydrogen (secondary N) is 1. The summed E-state index contributed by atoms with van der Waals surface area (Å²) in [6.45, 7) is -1.24. The summed E-state index contributed by atoms with van der Waals surface area (Å²) in [6, 6.07) is 0. The fourth-order valence-corrected chi connectivity index (χ4v) is 1.91. The van der Waals surface area contributed by atoms with Gasteiger partial charge in [0.05, 0.1) is 18.8 Å². The molecule has 8 nitrogen and oxygen atoms in total. The van der Waals surface area contributed by atoms with Crippen molar-refractivity contribution in [3.8, 4) is 0 Å². The highest BCUT2D eigenvalue weighted by molar-refractivity contribution is 5.04. The number of H-pyrrole nitrogens is 1. The van der Waals surface area contributed by atoms with Gasteiger partial charge in [0.15, 0.2) is 12.4 Å². The predicted octanol–water partition coefficient (Wildman–Crippen LogP) is -2.38. The number of aromatic nitrogens is 2. The second-order valence-electron chi connectivity index (χ2n) is 4.16. The van der Waals surface area contributed by atoms with Crippen molar-refractivity contribution < 1.29 is 24.4 Å². The van der Waals surface area contributed by atoms with Gasteiger partial charge in [0.1, 0.15) is 12.2 Å². The van der Waals surface area contributed by atoms with Gasteiger partial charge in [-0.2, -0.15) is 0 Å². The Morgan fingerprint density at radius 1 is 1.42 bits per heavy atom. The highest BCUT2D eigenvalue weighted by atomic mass is 19.1. The first kappa shape index (κ1) is 13.9. The van der Waals surface area contributed by atoms with Crippen LogP contribution in [0.2, 0.25) is 0 Å². The van der Waals surface area contributed by atoms with Crippen LogP contribution in [-0.2, 0) is 11.3 Å². The van der Waals surface area contributed by atoms with Gasteiger partial charge in [-0.25, -0.2) is 9.18 Å². The Morgan fingerprint density at radius 3 is 2.63 bits per heavy atom. The van der Waals surface area contributed by atoms with Gasteiger partial charge in [0, 0.05) is 6.20 Å². The molecule has 1 aromatic heterocycles. The average Bonchev–Trinajstić information content (AvgIpc) is 2.67. The summed E-state index contributed by atoms with van der Waals surface area (Å²) in [4.78, 5) is 24.7. The van der Waals surface area contributed by atoms with Gasteiger partial charge in [-0.1, -0.05) is 0 Å². The first-order valence-corrected chi connectivity index (χ1v) is 5.53. The van der Waals surface area contributed by atoms with Crippen LogP contribution >= 0.6 is 0 Å². The normalized spacial score (nSPS) is 30.7. The van der Waals surface area contributed by atoms with Crippen molar-refractivity contribution in [2.75, 3.05) is 6.61 Å². The van der Waals surface area contributed by atoms with Gasteiger partial charge >= 0.3 is 5.69 Å². The van der Waals surface area contributed by atoms with Crippen LogP contribution in [0.15, 0.2) is 15.8 Å². The average molecular weight is 276 g/mol. The lowest BCUT2D eigenvalue weighted by molar-refractivity contribution is -0.0493. The zero-order valence-electron chi connectivity index (χ0n) is 9.69. The minimum absolute atomic E-state index is 0.141. The Morgan fingerprint density at radius 2 is 2.11 bits per heavy atom. The van der Waals surface area contributed by atoms with E-state index in [1.807, 2.05) is 4.98 Å². The van der Waals surface area contributed by atoms with Gasteiger partial charge in [0.25, 0.3) is 5.56 Å². The molecular weight excluding hydrogens is 263 g/mol. The Kier molecular flexibility index (Phi) is 3.80. The molecule has 1 aliphatic rings. The second-order valence-corrected chi connectivity index (χ2v) is 4.16. The lowest BCUT2D eigenvalue weighted by Crippen LogP contribution is -2.37. The molecule has 1 aromatic rings. The van der Waals surface area contributed by atoms with E-state index in [1.165, 1.54) is 0 Å². The lowest BCUT2D eigenvalue weighted by Gasteiger charge is -2.16. The highest BCUT2D eigenvalue weighted by Crippen LogP contribution is 2.30. The molecule has 0 aromatic carbocycles. The number of ether oxygens (including phenoxy) is 1. The molecule has 1 aliphatic heterocycles. The maximum Gasteiger partial charge on any atom is 0.330 e. The van der Waals surface area contributed by atoms with Crippen LogP contribution in [0.1, 0.15) is 11.8 Å². The van der Waals surface area contributed by atoms with Crippen molar-refractivity contribution in [1.29, 1.82) is 0 Å². The molecule has 2 heterocycles. The summed E-state index contributed by atoms with van der Waals surface area (Å²) in [5.74, 6) is 0. The van der Waals surface area contributed by atoms with E-state index in [0.29, 0.717) is 0 Å². The van der Waals surface area contributed by atoms with Crippen molar-refractivity contribution >= 4 is 0 Å². The van der Waals surface area contributed by atoms with Crippen molar-refractivity contribution in [2.45, 2.75) is 31.2 Å². The lowest BCUT2D eigenvalue weighted by atomic mass is 10.1. The molecule has 0 saturated carbocycles. The maximum absolute atomic E-state index is 13.8. The Balaban J connectivity index is 2.43. The summed E-state index contributed by atoms with van der Waals surface area (Å²) >= 11 is 0. The Bertz CT molecular complexity index is 570. The molecule has 0 spiro atoms. The molecule has 106 valence electrons. The summed E-state index contributed by atoms with van der Waals surface area (Å²) in [6.07, 6.45) is -5.18. The van der Waals surface area contributed by atoms with Crippen molar-refractivity contribution in [3.63, 3.8) is 0 Å². The van der Waals surface area contributed by atoms with E-state index in [4.69, 9.17) is 14.9 Å². The standard InChI is InChI=1S/C10H13FN2O6/c11-6-7(16)5(3-15)19-9(6)13-1-4(2-14)8(17)12-10(13)18/h1,5-7,9,14-16H,2-3H2,(H,12,17,18)/t5-,6-,7?,9-/m1/s1. The van der Waals surface area contributed by atoms with E-state index in [1.54, 1.807) is 0 Å². The number of nitrogens with zero attached hydrogens (tertiary/aromatic N) is 1. The smallest absolute Gasteiger partial charge is 0.330 e. The molecule has 0 aliphatic carbocycles. The number of aliphatic hydroxyl groups excluding tert-OH is 3. The minimum Gasteiger partial charge on any atom is -0.394 e. The van der Waals surface area contributed by atoms with Crippen LogP contribution in [0.3, 0.4) is 0 Å². The zero-order chi connectivity index (χ0) is 14.2. The third kappa shape index (κ3) is 2.32. The van der Waals surface area contributed by atoms with Gasteiger partial charge in [0.2, 0.25) is 0 Å². The maximum atomic E-state index is 13.8. The monoisotopic (exact) mass is 276 g/mol. The summed E-state index contributed by atoms with van der Waals surface area (Å²) in [5, 5.41) is 27.3. The molecule has 0 amide bonds. The second kappa shape index (κ2) is 5.21. The largest absolute Gasteiger partial charge is 0.394 e. The Labute approximate surface area is 105 Å². The zero-order valence-corrected chi connectivity index (χ0v) is 9.69. The van der Waals surface area contributed by atoms with Gasteiger partial charge in [-0.15, -0.1) is 0 Å². The molecule has 0 bridgehead atoms. The molecule has 1 fully saturated rings. The predicted molar refractivity (Wildman–Crippen MR) is 59.1 cm³/mol. The van der Waals surface area contributed by atoms with Crippen LogP contribution < -0.4 is 11.2 Å². The van der Waals surface area contributed by atoms with E-state index in [2.05, 4.69) is 0 Å². The highest BCUT2D eigenvalue weighted by Gasteiger charge is 2.45. The van der Waals surface area contributed by atoms with Gasteiger partial charge < -0.3 is 20.1 Å². The minimum atomic E-state index is -1.94. The van der Waals surface area contributed by atoms with Crippen molar-refractivity contribution in [2.24, 2.45) is 0 Å². The fraction of sp³-hybridized carbons (Fsp3) is 0.600.